The molecule has 0 aromatic carbocycles. The fraction of sp³-hybridized carbons (Fsp3) is 0.911. The molecular formula is C45H72N2O42S2. The quantitative estimate of drug-likeness (QED) is 0.0399. The lowest BCUT2D eigenvalue weighted by atomic mass is 9.93. The fourth-order valence-corrected chi connectivity index (χ4v) is 11.6. The van der Waals surface area contributed by atoms with Crippen LogP contribution in [-0.2, 0) is 110 Å². The van der Waals surface area contributed by atoms with Crippen molar-refractivity contribution in [3.63, 3.8) is 0 Å². The summed E-state index contributed by atoms with van der Waals surface area (Å²) >= 11 is 0. The van der Waals surface area contributed by atoms with Gasteiger partial charge in [0.1, 0.15) is 152 Å². The van der Waals surface area contributed by atoms with Crippen LogP contribution in [0.5, 0.6) is 0 Å². The third-order valence-corrected chi connectivity index (χ3v) is 16.1. The van der Waals surface area contributed by atoms with Crippen LogP contribution in [0.3, 0.4) is 0 Å². The van der Waals surface area contributed by atoms with Crippen molar-refractivity contribution in [3.8, 4) is 0 Å². The van der Waals surface area contributed by atoms with Crippen LogP contribution in [0.15, 0.2) is 0 Å². The minimum atomic E-state index is -5.94. The summed E-state index contributed by atoms with van der Waals surface area (Å²) in [5.74, 6) is -6.43. The molecule has 526 valence electrons. The van der Waals surface area contributed by atoms with Gasteiger partial charge in [0, 0.05) is 13.8 Å². The van der Waals surface area contributed by atoms with Crippen LogP contribution in [-0.4, -0.2) is 379 Å². The average molecular weight is 1380 g/mol. The molecule has 0 spiro atoms. The lowest BCUT2D eigenvalue weighted by molar-refractivity contribution is -0.389. The van der Waals surface area contributed by atoms with Crippen LogP contribution in [0.4, 0.5) is 0 Å². The van der Waals surface area contributed by atoms with Crippen molar-refractivity contribution in [2.24, 2.45) is 0 Å². The summed E-state index contributed by atoms with van der Waals surface area (Å²) in [6, 6.07) is -4.26. The Morgan fingerprint density at radius 2 is 0.813 bits per heavy atom. The first kappa shape index (κ1) is 74.9. The average Bonchev–Trinajstić information content (AvgIpc) is 0.791. The SMILES string of the molecule is CC(=O)N[C@H]1[C@H](O[C@H]2[C@H](O)[C@@H](O)[C@H](O[C@@H]3[C@@H](NC(C)=O)[C@H](O[C@H]4[C@H](O)[C@@H](O)[C@H](O[C@H]5[C@@H](O)[C@@H](CO)O[C@@H](O[C@H]6[C@@H](O)[C@@H](CO)O[C@@H](O[C@@H]7COC[C@H](O)[C@H]7O)[C@@H]6O)[C@@H]5O)O[C@@H]4C(=O)O)O[C@H](COS(=O)(=O)O)[C@@H]3OS(=O)(=O)O)O[C@@H]2C(=O)O)O[C@H](CO)[C@H](O)[C@@H]1O. The van der Waals surface area contributed by atoms with Gasteiger partial charge >= 0.3 is 32.7 Å². The van der Waals surface area contributed by atoms with Crippen molar-refractivity contribution in [2.45, 2.75) is 216 Å². The Balaban J connectivity index is 1.17. The van der Waals surface area contributed by atoms with Gasteiger partial charge in [0.25, 0.3) is 0 Å². The number of carboxylic acids is 2. The largest absolute Gasteiger partial charge is 0.479 e. The van der Waals surface area contributed by atoms with E-state index < -0.39 is 273 Å². The maximum atomic E-state index is 13.1. The Morgan fingerprint density at radius 3 is 1.25 bits per heavy atom. The van der Waals surface area contributed by atoms with Gasteiger partial charge in [0.15, 0.2) is 49.9 Å². The molecule has 7 rings (SSSR count). The molecule has 0 aromatic heterocycles. The third-order valence-electron chi connectivity index (χ3n) is 15.2. The number of hydrogen-bond acceptors (Lipinski definition) is 38. The zero-order valence-electron chi connectivity index (χ0n) is 47.0. The number of amides is 2. The van der Waals surface area contributed by atoms with E-state index in [0.29, 0.717) is 0 Å². The van der Waals surface area contributed by atoms with Gasteiger partial charge in [-0.15, -0.1) is 0 Å². The second-order valence-electron chi connectivity index (χ2n) is 21.6. The molecule has 46 heteroatoms. The molecule has 0 bridgehead atoms. The summed E-state index contributed by atoms with van der Waals surface area (Å²) in [6.07, 6.45) is -70.3. The van der Waals surface area contributed by atoms with E-state index >= 15 is 0 Å². The van der Waals surface area contributed by atoms with E-state index in [-0.39, 0.29) is 13.2 Å². The minimum Gasteiger partial charge on any atom is -0.479 e. The summed E-state index contributed by atoms with van der Waals surface area (Å²) in [4.78, 5) is 51.1. The van der Waals surface area contributed by atoms with Gasteiger partial charge in [0.05, 0.1) is 39.6 Å². The topological polar surface area (TPSA) is 683 Å². The van der Waals surface area contributed by atoms with E-state index in [9.17, 15) is 132 Å². The summed E-state index contributed by atoms with van der Waals surface area (Å²) < 4.78 is 150. The molecule has 7 heterocycles. The zero-order chi connectivity index (χ0) is 67.6. The molecule has 33 atom stereocenters. The predicted molar refractivity (Wildman–Crippen MR) is 270 cm³/mol. The van der Waals surface area contributed by atoms with E-state index in [0.717, 1.165) is 13.8 Å². The fourth-order valence-electron chi connectivity index (χ4n) is 10.8. The standard InChI is InChI=1S/C45H72N2O42S2/c1-9(51)46-17-23(58)20(55)12(3-48)77-40(17)85-34-24(59)26(61)42(87-36(34)38(65)66)82-31-18(47-10(2)52)41(81-16(8-76-90(69,70)71)30(31)89-91(72,73)74)86-35-25(60)27(62)43(88-37(35)39(67)68)83-33-22(57)14(5-50)79-45(29(33)64)84-32-21(56)13(4-49)78-44(28(32)63)80-15-7-75-6-11(53)19(15)54/h11-37,40-45,48-50,53-64H,3-8H2,1-2H3,(H,46,51)(H,47,52)(H,65,66)(H,67,68)(H,69,70,71)(H,72,73,74)/t11-,12+,13+,14+,15+,16+,17+,18+,19+,20-,21-,22-,23+,24+,25+,26+,27+,28+,29+,30-,31+,32-,33-,34-,35-,36-,37-,40-,41-,42+,43+,44-,45-/m0/s1. The van der Waals surface area contributed by atoms with Crippen LogP contribution in [0.1, 0.15) is 13.8 Å². The highest BCUT2D eigenvalue weighted by molar-refractivity contribution is 7.81. The van der Waals surface area contributed by atoms with E-state index in [1.54, 1.807) is 0 Å². The molecule has 91 heavy (non-hydrogen) atoms. The minimum absolute atomic E-state index is 0.307. The molecule has 0 aliphatic carbocycles. The molecule has 7 saturated heterocycles. The molecule has 21 N–H and O–H groups in total. The van der Waals surface area contributed by atoms with Crippen molar-refractivity contribution < 1.29 is 202 Å². The van der Waals surface area contributed by atoms with Crippen LogP contribution in [0.25, 0.3) is 0 Å². The van der Waals surface area contributed by atoms with E-state index in [2.05, 4.69) is 14.8 Å². The first-order valence-corrected chi connectivity index (χ1v) is 29.9. The number of aliphatic carboxylic acids is 2. The van der Waals surface area contributed by atoms with E-state index in [4.69, 9.17) is 65.8 Å². The van der Waals surface area contributed by atoms with Crippen LogP contribution in [0, 0.1) is 0 Å². The Bertz CT molecular complexity index is 2670. The van der Waals surface area contributed by atoms with Crippen LogP contribution >= 0.6 is 0 Å². The molecule has 0 saturated carbocycles. The zero-order valence-corrected chi connectivity index (χ0v) is 48.6. The van der Waals surface area contributed by atoms with Gasteiger partial charge in [-0.2, -0.15) is 16.8 Å². The molecule has 7 aliphatic heterocycles. The molecule has 44 nitrogen and oxygen atoms in total. The Kier molecular flexibility index (Phi) is 25.6. The van der Waals surface area contributed by atoms with Crippen LogP contribution < -0.4 is 10.6 Å². The highest BCUT2D eigenvalue weighted by Crippen LogP contribution is 2.39. The number of ether oxygens (including phenoxy) is 13. The molecule has 0 aromatic rings. The van der Waals surface area contributed by atoms with Crippen molar-refractivity contribution in [1.29, 1.82) is 0 Å². The number of hydrogen-bond donors (Lipinski definition) is 21. The van der Waals surface area contributed by atoms with Gasteiger partial charge in [-0.1, -0.05) is 0 Å². The molecular weight excluding hydrogens is 1300 g/mol. The predicted octanol–water partition coefficient (Wildman–Crippen LogP) is -14.8. The third kappa shape index (κ3) is 17.6. The van der Waals surface area contributed by atoms with Gasteiger partial charge in [-0.05, 0) is 0 Å². The molecule has 7 aliphatic rings. The van der Waals surface area contributed by atoms with Crippen LogP contribution in [0.2, 0.25) is 0 Å². The Hall–Kier alpha value is -3.50. The molecule has 0 unspecified atom stereocenters. The Morgan fingerprint density at radius 1 is 0.418 bits per heavy atom. The summed E-state index contributed by atoms with van der Waals surface area (Å²) in [6.45, 7) is -3.91. The van der Waals surface area contributed by atoms with Gasteiger partial charge in [-0.25, -0.2) is 18.0 Å². The lowest BCUT2D eigenvalue weighted by Crippen LogP contribution is -2.71. The highest BCUT2D eigenvalue weighted by atomic mass is 32.3. The monoisotopic (exact) mass is 1380 g/mol. The molecule has 7 fully saturated rings. The second-order valence-corrected chi connectivity index (χ2v) is 23.7. The second kappa shape index (κ2) is 31.1. The van der Waals surface area contributed by atoms with E-state index in [1.807, 2.05) is 0 Å². The summed E-state index contributed by atoms with van der Waals surface area (Å²) in [5, 5.41) is 189. The number of rotatable bonds is 24. The van der Waals surface area contributed by atoms with Gasteiger partial charge in [0.2, 0.25) is 11.8 Å². The summed E-state index contributed by atoms with van der Waals surface area (Å²) in [5.41, 5.74) is 0. The maximum Gasteiger partial charge on any atom is 0.397 e. The first-order chi connectivity index (χ1) is 42.5. The number of carbonyl (C=O) groups is 4. The van der Waals surface area contributed by atoms with E-state index in [1.165, 1.54) is 0 Å². The van der Waals surface area contributed by atoms with Crippen molar-refractivity contribution >= 4 is 44.6 Å². The number of carboxylic acid groups (broad SMARTS) is 2. The number of aliphatic hydroxyl groups is 15. The normalized spacial score (nSPS) is 46.0. The molecule has 2 amide bonds. The van der Waals surface area contributed by atoms with Gasteiger partial charge < -0.3 is 159 Å². The van der Waals surface area contributed by atoms with Crippen molar-refractivity contribution in [3.05, 3.63) is 0 Å². The van der Waals surface area contributed by atoms with Crippen molar-refractivity contribution in [2.75, 3.05) is 39.6 Å². The maximum absolute atomic E-state index is 13.1. The smallest absolute Gasteiger partial charge is 0.397 e. The Labute approximate surface area is 511 Å². The molecule has 0 radical (unpaired) electrons. The lowest BCUT2D eigenvalue weighted by Gasteiger charge is -2.50. The number of aliphatic hydroxyl groups excluding tert-OH is 15. The van der Waals surface area contributed by atoms with Crippen molar-refractivity contribution in [1.82, 2.24) is 10.6 Å². The highest BCUT2D eigenvalue weighted by Gasteiger charge is 2.61. The van der Waals surface area contributed by atoms with Gasteiger partial charge in [-0.3, -0.25) is 18.7 Å². The summed E-state index contributed by atoms with van der Waals surface area (Å²) in [7, 11) is -11.6. The first-order valence-electron chi connectivity index (χ1n) is 27.2. The number of carbonyl (C=O) groups excluding carboxylic acids is 2. The number of nitrogens with one attached hydrogen (secondary N) is 2.